The maximum atomic E-state index is 12.4. The first-order valence-electron chi connectivity index (χ1n) is 10.2. The minimum Gasteiger partial charge on any atom is -0.465 e. The molecule has 0 atom stereocenters. The fourth-order valence-corrected chi connectivity index (χ4v) is 4.29. The smallest absolute Gasteiger partial charge is 0.272 e. The molecule has 1 N–H and O–H groups in total. The summed E-state index contributed by atoms with van der Waals surface area (Å²) in [6.07, 6.45) is 3.69. The number of fused-ring (bicyclic) bond motifs is 1. The molecule has 1 fully saturated rings. The Hall–Kier alpha value is -2.12. The molecule has 0 radical (unpaired) electrons. The summed E-state index contributed by atoms with van der Waals surface area (Å²) >= 11 is 0. The van der Waals surface area contributed by atoms with Crippen LogP contribution in [0.15, 0.2) is 16.5 Å². The number of aromatic nitrogens is 2. The molecule has 152 valence electrons. The Morgan fingerprint density at radius 3 is 2.79 bits per heavy atom. The lowest BCUT2D eigenvalue weighted by Gasteiger charge is -2.43. The number of piperidine rings is 1. The van der Waals surface area contributed by atoms with Crippen LogP contribution in [0.1, 0.15) is 59.5 Å². The van der Waals surface area contributed by atoms with Gasteiger partial charge in [-0.3, -0.25) is 14.4 Å². The van der Waals surface area contributed by atoms with Crippen molar-refractivity contribution in [2.45, 2.75) is 58.3 Å². The van der Waals surface area contributed by atoms with Crippen LogP contribution in [0, 0.1) is 6.92 Å². The lowest BCUT2D eigenvalue weighted by molar-refractivity contribution is -0.104. The molecule has 0 aromatic carbocycles. The molecule has 1 spiro atoms. The summed E-state index contributed by atoms with van der Waals surface area (Å²) in [4.78, 5) is 14.8. The molecule has 4 heterocycles. The van der Waals surface area contributed by atoms with Gasteiger partial charge < -0.3 is 14.5 Å². The average molecular weight is 386 g/mol. The van der Waals surface area contributed by atoms with Gasteiger partial charge in [-0.2, -0.15) is 5.10 Å². The fraction of sp³-hybridized carbons (Fsp3) is 0.619. The van der Waals surface area contributed by atoms with Gasteiger partial charge in [0.25, 0.3) is 5.91 Å². The van der Waals surface area contributed by atoms with Crippen LogP contribution in [0.2, 0.25) is 0 Å². The van der Waals surface area contributed by atoms with Gasteiger partial charge in [0.15, 0.2) is 5.69 Å². The third-order valence-corrected chi connectivity index (χ3v) is 5.98. The van der Waals surface area contributed by atoms with Gasteiger partial charge in [0.2, 0.25) is 0 Å². The van der Waals surface area contributed by atoms with E-state index in [1.54, 1.807) is 0 Å². The van der Waals surface area contributed by atoms with Gasteiger partial charge >= 0.3 is 0 Å². The number of hydrogen-bond acceptors (Lipinski definition) is 5. The molecule has 0 aliphatic carbocycles. The van der Waals surface area contributed by atoms with Crippen molar-refractivity contribution < 1.29 is 13.9 Å². The number of nitrogens with zero attached hydrogens (tertiary/aromatic N) is 3. The quantitative estimate of drug-likeness (QED) is 0.855. The number of amides is 1. The number of aryl methyl sites for hydroxylation is 2. The van der Waals surface area contributed by atoms with Gasteiger partial charge in [-0.25, -0.2) is 0 Å². The van der Waals surface area contributed by atoms with Crippen molar-refractivity contribution in [3.8, 4) is 0 Å². The summed E-state index contributed by atoms with van der Waals surface area (Å²) in [5.74, 6) is 1.89. The van der Waals surface area contributed by atoms with Crippen LogP contribution in [0.5, 0.6) is 0 Å². The lowest BCUT2D eigenvalue weighted by atomic mass is 9.83. The highest BCUT2D eigenvalue weighted by Crippen LogP contribution is 2.37. The average Bonchev–Trinajstić information content (AvgIpc) is 3.25. The SMILES string of the molecule is CCCNC(=O)c1nn(C)c2c1COC1(CCN(Cc3ccc(C)o3)CC1)C2. The van der Waals surface area contributed by atoms with E-state index < -0.39 is 0 Å². The highest BCUT2D eigenvalue weighted by Gasteiger charge is 2.41. The van der Waals surface area contributed by atoms with E-state index in [1.165, 1.54) is 0 Å². The summed E-state index contributed by atoms with van der Waals surface area (Å²) in [5, 5.41) is 7.43. The Balaban J connectivity index is 1.41. The van der Waals surface area contributed by atoms with Gasteiger partial charge in [0, 0.05) is 44.4 Å². The first-order valence-corrected chi connectivity index (χ1v) is 10.2. The van der Waals surface area contributed by atoms with Crippen molar-refractivity contribution >= 4 is 5.91 Å². The van der Waals surface area contributed by atoms with Crippen LogP contribution >= 0.6 is 0 Å². The second kappa shape index (κ2) is 7.72. The Morgan fingerprint density at radius 1 is 1.32 bits per heavy atom. The normalized spacial score (nSPS) is 19.0. The zero-order valence-corrected chi connectivity index (χ0v) is 17.1. The maximum absolute atomic E-state index is 12.4. The molecular weight excluding hydrogens is 356 g/mol. The van der Waals surface area contributed by atoms with Crippen molar-refractivity contribution in [1.82, 2.24) is 20.0 Å². The van der Waals surface area contributed by atoms with Crippen molar-refractivity contribution in [3.63, 3.8) is 0 Å². The van der Waals surface area contributed by atoms with E-state index in [2.05, 4.69) is 21.4 Å². The van der Waals surface area contributed by atoms with E-state index in [4.69, 9.17) is 9.15 Å². The Morgan fingerprint density at radius 2 is 2.11 bits per heavy atom. The molecule has 0 unspecified atom stereocenters. The number of likely N-dealkylation sites (tertiary alicyclic amines) is 1. The molecule has 7 heteroatoms. The summed E-state index contributed by atoms with van der Waals surface area (Å²) in [6.45, 7) is 7.97. The second-order valence-electron chi connectivity index (χ2n) is 8.09. The topological polar surface area (TPSA) is 72.5 Å². The Labute approximate surface area is 166 Å². The summed E-state index contributed by atoms with van der Waals surface area (Å²) < 4.78 is 14.0. The third kappa shape index (κ3) is 3.73. The first-order chi connectivity index (χ1) is 13.5. The molecule has 28 heavy (non-hydrogen) atoms. The summed E-state index contributed by atoms with van der Waals surface area (Å²) in [6, 6.07) is 4.08. The Bertz CT molecular complexity index is 846. The number of rotatable bonds is 5. The van der Waals surface area contributed by atoms with E-state index >= 15 is 0 Å². The van der Waals surface area contributed by atoms with Crippen LogP contribution < -0.4 is 5.32 Å². The summed E-state index contributed by atoms with van der Waals surface area (Å²) in [7, 11) is 1.93. The van der Waals surface area contributed by atoms with Crippen molar-refractivity contribution in [2.24, 2.45) is 7.05 Å². The molecule has 2 aliphatic heterocycles. The second-order valence-corrected chi connectivity index (χ2v) is 8.09. The standard InChI is InChI=1S/C21H30N4O3/c1-4-9-22-20(26)19-17-14-27-21(12-18(17)24(3)23-19)7-10-25(11-8-21)13-16-6-5-15(2)28-16/h5-6H,4,7-14H2,1-3H3,(H,22,26). The van der Waals surface area contributed by atoms with Gasteiger partial charge in [0.05, 0.1) is 18.8 Å². The molecular formula is C21H30N4O3. The largest absolute Gasteiger partial charge is 0.465 e. The third-order valence-electron chi connectivity index (χ3n) is 5.98. The first kappa shape index (κ1) is 19.2. The molecule has 1 saturated heterocycles. The van der Waals surface area contributed by atoms with E-state index in [0.29, 0.717) is 18.8 Å². The van der Waals surface area contributed by atoms with Gasteiger partial charge in [-0.15, -0.1) is 0 Å². The minimum atomic E-state index is -0.145. The van der Waals surface area contributed by atoms with Crippen LogP contribution in [0.3, 0.4) is 0 Å². The number of carbonyl (C=O) groups excluding carboxylic acids is 1. The van der Waals surface area contributed by atoms with Crippen LogP contribution in [0.25, 0.3) is 0 Å². The Kier molecular flexibility index (Phi) is 5.29. The highest BCUT2D eigenvalue weighted by atomic mass is 16.5. The van der Waals surface area contributed by atoms with Crippen LogP contribution in [-0.4, -0.2) is 45.8 Å². The van der Waals surface area contributed by atoms with Gasteiger partial charge in [0.1, 0.15) is 11.5 Å². The molecule has 2 aromatic rings. The van der Waals surface area contributed by atoms with Crippen LogP contribution in [0.4, 0.5) is 0 Å². The van der Waals surface area contributed by atoms with E-state index in [-0.39, 0.29) is 11.5 Å². The zero-order chi connectivity index (χ0) is 19.7. The monoisotopic (exact) mass is 386 g/mol. The van der Waals surface area contributed by atoms with Crippen molar-refractivity contribution in [3.05, 3.63) is 40.6 Å². The van der Waals surface area contributed by atoms with Crippen molar-refractivity contribution in [2.75, 3.05) is 19.6 Å². The number of hydrogen-bond donors (Lipinski definition) is 1. The predicted molar refractivity (Wildman–Crippen MR) is 105 cm³/mol. The molecule has 0 bridgehead atoms. The van der Waals surface area contributed by atoms with Crippen LogP contribution in [-0.2, 0) is 31.4 Å². The number of furan rings is 1. The maximum Gasteiger partial charge on any atom is 0.272 e. The number of carbonyl (C=O) groups is 1. The molecule has 7 nitrogen and oxygen atoms in total. The minimum absolute atomic E-state index is 0.0955. The van der Waals surface area contributed by atoms with Gasteiger partial charge in [-0.05, 0) is 38.3 Å². The van der Waals surface area contributed by atoms with E-state index in [0.717, 1.165) is 68.1 Å². The zero-order valence-electron chi connectivity index (χ0n) is 17.1. The molecule has 2 aromatic heterocycles. The van der Waals surface area contributed by atoms with Gasteiger partial charge in [-0.1, -0.05) is 6.92 Å². The fourth-order valence-electron chi connectivity index (χ4n) is 4.29. The molecule has 2 aliphatic rings. The lowest BCUT2D eigenvalue weighted by Crippen LogP contribution is -2.49. The number of ether oxygens (including phenoxy) is 1. The van der Waals surface area contributed by atoms with E-state index in [1.807, 2.05) is 31.6 Å². The summed E-state index contributed by atoms with van der Waals surface area (Å²) in [5.41, 5.74) is 2.47. The van der Waals surface area contributed by atoms with Crippen molar-refractivity contribution in [1.29, 1.82) is 0 Å². The molecule has 1 amide bonds. The molecule has 0 saturated carbocycles. The highest BCUT2D eigenvalue weighted by molar-refractivity contribution is 5.94. The molecule has 4 rings (SSSR count). The van der Waals surface area contributed by atoms with E-state index in [9.17, 15) is 4.79 Å². The number of nitrogens with one attached hydrogen (secondary N) is 1. The predicted octanol–water partition coefficient (Wildman–Crippen LogP) is 2.57.